The number of rotatable bonds is 2. The number of nitrogens with zero attached hydrogens (tertiary/aromatic N) is 3. The van der Waals surface area contributed by atoms with Gasteiger partial charge in [0.05, 0.1) is 22.1 Å². The normalized spacial score (nSPS) is 16.3. The van der Waals surface area contributed by atoms with Crippen LogP contribution in [0.15, 0.2) is 65.5 Å². The van der Waals surface area contributed by atoms with E-state index in [0.29, 0.717) is 10.2 Å². The van der Waals surface area contributed by atoms with E-state index >= 15 is 0 Å². The Morgan fingerprint density at radius 2 is 1.83 bits per heavy atom. The molecule has 2 aromatic rings. The third kappa shape index (κ3) is 2.62. The van der Waals surface area contributed by atoms with Crippen molar-refractivity contribution in [3.8, 4) is 0 Å². The maximum atomic E-state index is 6.27. The molecule has 0 N–H and O–H groups in total. The maximum absolute atomic E-state index is 6.27. The van der Waals surface area contributed by atoms with Crippen molar-refractivity contribution in [3.63, 3.8) is 0 Å². The van der Waals surface area contributed by atoms with Crippen molar-refractivity contribution in [1.29, 1.82) is 0 Å². The number of hydrogen-bond acceptors (Lipinski definition) is 3. The van der Waals surface area contributed by atoms with E-state index in [1.54, 1.807) is 12.4 Å². The number of fused-ring (bicyclic) bond motifs is 1. The first kappa shape index (κ1) is 14.4. The molecule has 112 valence electrons. The van der Waals surface area contributed by atoms with Crippen LogP contribution in [0.5, 0.6) is 0 Å². The standard InChI is InChI=1S/C18H11Cl2N3/c19-17-13(6-8-22-18(17)20)11-4-5-14-12(9-11)10-16(23-14)15-3-1-2-7-21-15/h1-4,6-10H,5H2. The SMILES string of the molecule is Clc1nccc(C2=CCC3=NC(c4ccccn4)=CC3=C2)c1Cl. The minimum atomic E-state index is 0.319. The van der Waals surface area contributed by atoms with Gasteiger partial charge in [-0.3, -0.25) is 9.98 Å². The summed E-state index contributed by atoms with van der Waals surface area (Å²) in [6.07, 6.45) is 10.4. The summed E-state index contributed by atoms with van der Waals surface area (Å²) < 4.78 is 0. The molecule has 0 amide bonds. The molecule has 1 aliphatic heterocycles. The van der Waals surface area contributed by atoms with Gasteiger partial charge in [0.1, 0.15) is 5.15 Å². The highest BCUT2D eigenvalue weighted by molar-refractivity contribution is 6.42. The zero-order valence-electron chi connectivity index (χ0n) is 12.0. The Balaban J connectivity index is 1.72. The van der Waals surface area contributed by atoms with Gasteiger partial charge in [-0.05, 0) is 41.5 Å². The van der Waals surface area contributed by atoms with E-state index in [-0.39, 0.29) is 0 Å². The van der Waals surface area contributed by atoms with Crippen LogP contribution < -0.4 is 0 Å². The molecule has 3 nitrogen and oxygen atoms in total. The lowest BCUT2D eigenvalue weighted by atomic mass is 9.94. The Kier molecular flexibility index (Phi) is 3.60. The van der Waals surface area contributed by atoms with Crippen molar-refractivity contribution in [2.75, 3.05) is 0 Å². The molecule has 0 atom stereocenters. The zero-order chi connectivity index (χ0) is 15.8. The number of allylic oxidation sites excluding steroid dienone is 5. The second-order valence-corrected chi connectivity index (χ2v) is 5.97. The highest BCUT2D eigenvalue weighted by Crippen LogP contribution is 2.35. The highest BCUT2D eigenvalue weighted by Gasteiger charge is 2.20. The second kappa shape index (κ2) is 5.76. The fraction of sp³-hybridized carbons (Fsp3) is 0.0556. The Morgan fingerprint density at radius 1 is 0.913 bits per heavy atom. The van der Waals surface area contributed by atoms with Crippen molar-refractivity contribution < 1.29 is 0 Å². The predicted molar refractivity (Wildman–Crippen MR) is 94.6 cm³/mol. The molecule has 0 radical (unpaired) electrons. The van der Waals surface area contributed by atoms with Crippen LogP contribution in [0.25, 0.3) is 11.3 Å². The molecule has 4 rings (SSSR count). The Morgan fingerprint density at radius 3 is 2.65 bits per heavy atom. The summed E-state index contributed by atoms with van der Waals surface area (Å²) in [5.41, 5.74) is 5.82. The molecule has 0 spiro atoms. The number of halogens is 2. The van der Waals surface area contributed by atoms with Crippen molar-refractivity contribution in [2.24, 2.45) is 4.99 Å². The minimum Gasteiger partial charge on any atom is -0.255 e. The molecular formula is C18H11Cl2N3. The summed E-state index contributed by atoms with van der Waals surface area (Å²) in [6, 6.07) is 7.69. The van der Waals surface area contributed by atoms with Crippen LogP contribution in [0.3, 0.4) is 0 Å². The first-order valence-electron chi connectivity index (χ1n) is 7.15. The molecule has 23 heavy (non-hydrogen) atoms. The molecule has 0 fully saturated rings. The number of aromatic nitrogens is 2. The van der Waals surface area contributed by atoms with Crippen LogP contribution in [-0.4, -0.2) is 15.7 Å². The van der Waals surface area contributed by atoms with Gasteiger partial charge in [0.25, 0.3) is 0 Å². The summed E-state index contributed by atoms with van der Waals surface area (Å²) >= 11 is 12.3. The smallest absolute Gasteiger partial charge is 0.148 e. The monoisotopic (exact) mass is 339 g/mol. The molecule has 0 aromatic carbocycles. The highest BCUT2D eigenvalue weighted by atomic mass is 35.5. The van der Waals surface area contributed by atoms with Gasteiger partial charge >= 0.3 is 0 Å². The van der Waals surface area contributed by atoms with Gasteiger partial charge in [0.15, 0.2) is 0 Å². The van der Waals surface area contributed by atoms with Crippen LogP contribution in [0.4, 0.5) is 0 Å². The topological polar surface area (TPSA) is 38.1 Å². The van der Waals surface area contributed by atoms with E-state index in [1.807, 2.05) is 24.3 Å². The minimum absolute atomic E-state index is 0.319. The number of aliphatic imine (C=N–C) groups is 1. The van der Waals surface area contributed by atoms with Gasteiger partial charge in [-0.2, -0.15) is 0 Å². The average Bonchev–Trinajstić information content (AvgIpc) is 3.01. The third-order valence-electron chi connectivity index (χ3n) is 3.79. The first-order chi connectivity index (χ1) is 11.2. The maximum Gasteiger partial charge on any atom is 0.148 e. The van der Waals surface area contributed by atoms with Crippen LogP contribution in [0, 0.1) is 0 Å². The molecular weight excluding hydrogens is 329 g/mol. The molecule has 0 saturated carbocycles. The zero-order valence-corrected chi connectivity index (χ0v) is 13.5. The van der Waals surface area contributed by atoms with E-state index < -0.39 is 0 Å². The molecule has 1 aliphatic carbocycles. The van der Waals surface area contributed by atoms with E-state index in [1.165, 1.54) is 0 Å². The van der Waals surface area contributed by atoms with Crippen LogP contribution >= 0.6 is 23.2 Å². The fourth-order valence-electron chi connectivity index (χ4n) is 2.67. The van der Waals surface area contributed by atoms with Crippen LogP contribution in [0.1, 0.15) is 17.7 Å². The lowest BCUT2D eigenvalue weighted by Gasteiger charge is -2.12. The van der Waals surface area contributed by atoms with Crippen molar-refractivity contribution in [1.82, 2.24) is 9.97 Å². The van der Waals surface area contributed by atoms with Gasteiger partial charge in [-0.1, -0.05) is 35.3 Å². The molecule has 2 aliphatic rings. The number of hydrogen-bond donors (Lipinski definition) is 0. The molecule has 0 unspecified atom stereocenters. The first-order valence-corrected chi connectivity index (χ1v) is 7.91. The summed E-state index contributed by atoms with van der Waals surface area (Å²) in [4.78, 5) is 13.0. The van der Waals surface area contributed by atoms with E-state index in [4.69, 9.17) is 23.2 Å². The molecule has 0 bridgehead atoms. The van der Waals surface area contributed by atoms with Crippen LogP contribution in [0.2, 0.25) is 10.2 Å². The van der Waals surface area contributed by atoms with Gasteiger partial charge in [0.2, 0.25) is 0 Å². The molecule has 2 aromatic heterocycles. The van der Waals surface area contributed by atoms with Crippen LogP contribution in [-0.2, 0) is 0 Å². The number of pyridine rings is 2. The average molecular weight is 340 g/mol. The Hall–Kier alpha value is -2.23. The third-order valence-corrected chi connectivity index (χ3v) is 4.56. The summed E-state index contributed by atoms with van der Waals surface area (Å²) in [5, 5.41) is 0.795. The van der Waals surface area contributed by atoms with Gasteiger partial charge in [-0.25, -0.2) is 4.98 Å². The van der Waals surface area contributed by atoms with Gasteiger partial charge in [-0.15, -0.1) is 0 Å². The van der Waals surface area contributed by atoms with Crippen molar-refractivity contribution >= 4 is 40.2 Å². The van der Waals surface area contributed by atoms with Gasteiger partial charge in [0, 0.05) is 24.4 Å². The quantitative estimate of drug-likeness (QED) is 0.722. The summed E-state index contributed by atoms with van der Waals surface area (Å²) in [6.45, 7) is 0. The summed E-state index contributed by atoms with van der Waals surface area (Å²) in [7, 11) is 0. The van der Waals surface area contributed by atoms with Crippen molar-refractivity contribution in [3.05, 3.63) is 81.9 Å². The fourth-order valence-corrected chi connectivity index (χ4v) is 3.05. The van der Waals surface area contributed by atoms with Gasteiger partial charge < -0.3 is 0 Å². The lowest BCUT2D eigenvalue weighted by Crippen LogP contribution is -2.02. The Labute approximate surface area is 143 Å². The largest absolute Gasteiger partial charge is 0.255 e. The molecule has 0 saturated heterocycles. The predicted octanol–water partition coefficient (Wildman–Crippen LogP) is 4.99. The summed E-state index contributed by atoms with van der Waals surface area (Å²) in [5.74, 6) is 0. The van der Waals surface area contributed by atoms with E-state index in [2.05, 4.69) is 33.2 Å². The van der Waals surface area contributed by atoms with E-state index in [9.17, 15) is 0 Å². The molecule has 3 heterocycles. The van der Waals surface area contributed by atoms with Crippen molar-refractivity contribution in [2.45, 2.75) is 6.42 Å². The molecule has 5 heteroatoms. The Bertz CT molecular complexity index is 909. The van der Waals surface area contributed by atoms with E-state index in [0.717, 1.165) is 40.2 Å². The lowest BCUT2D eigenvalue weighted by molar-refractivity contribution is 1.26. The second-order valence-electron chi connectivity index (χ2n) is 5.23.